The predicted molar refractivity (Wildman–Crippen MR) is 61.7 cm³/mol. The molecule has 0 radical (unpaired) electrons. The largest absolute Gasteiger partial charge is 0.479 e. The van der Waals surface area contributed by atoms with Crippen molar-refractivity contribution in [2.24, 2.45) is 0 Å². The van der Waals surface area contributed by atoms with Gasteiger partial charge in [0.25, 0.3) is 0 Å². The Morgan fingerprint density at radius 2 is 2.00 bits per heavy atom. The van der Waals surface area contributed by atoms with Crippen LogP contribution >= 0.6 is 0 Å². The highest BCUT2D eigenvalue weighted by atomic mass is 16.5. The number of carboxylic acids is 1. The van der Waals surface area contributed by atoms with Crippen LogP contribution in [0.3, 0.4) is 0 Å². The SMILES string of the molecule is CCOCCN(C)CCC(OCC)C(=O)O. The second kappa shape index (κ2) is 9.57. The van der Waals surface area contributed by atoms with E-state index in [1.165, 1.54) is 0 Å². The van der Waals surface area contributed by atoms with Crippen LogP contribution in [0.15, 0.2) is 0 Å². The first-order valence-electron chi connectivity index (χ1n) is 5.72. The summed E-state index contributed by atoms with van der Waals surface area (Å²) in [6.07, 6.45) is -0.189. The highest BCUT2D eigenvalue weighted by Crippen LogP contribution is 2.00. The normalized spacial score (nSPS) is 13.0. The summed E-state index contributed by atoms with van der Waals surface area (Å²) in [5.41, 5.74) is 0. The molecule has 0 spiro atoms. The molecule has 0 fully saturated rings. The second-order valence-corrected chi connectivity index (χ2v) is 3.57. The van der Waals surface area contributed by atoms with Crippen LogP contribution in [0.2, 0.25) is 0 Å². The van der Waals surface area contributed by atoms with Crippen molar-refractivity contribution in [2.45, 2.75) is 26.4 Å². The molecule has 96 valence electrons. The fraction of sp³-hybridized carbons (Fsp3) is 0.909. The molecule has 0 aliphatic heterocycles. The van der Waals surface area contributed by atoms with E-state index in [1.807, 2.05) is 18.9 Å². The number of carboxylic acid groups (broad SMARTS) is 1. The lowest BCUT2D eigenvalue weighted by atomic mass is 10.2. The molecular formula is C11H23NO4. The van der Waals surface area contributed by atoms with E-state index in [0.29, 0.717) is 32.8 Å². The number of hydrogen-bond acceptors (Lipinski definition) is 4. The third kappa shape index (κ3) is 7.62. The second-order valence-electron chi connectivity index (χ2n) is 3.57. The maximum Gasteiger partial charge on any atom is 0.332 e. The minimum absolute atomic E-state index is 0.430. The summed E-state index contributed by atoms with van der Waals surface area (Å²) in [5, 5.41) is 8.86. The van der Waals surface area contributed by atoms with Gasteiger partial charge in [0.15, 0.2) is 6.10 Å². The average Bonchev–Trinajstić information content (AvgIpc) is 2.24. The zero-order valence-corrected chi connectivity index (χ0v) is 10.4. The summed E-state index contributed by atoms with van der Waals surface area (Å²) in [6.45, 7) is 7.09. The van der Waals surface area contributed by atoms with Crippen LogP contribution in [0.4, 0.5) is 0 Å². The number of rotatable bonds is 10. The van der Waals surface area contributed by atoms with Gasteiger partial charge in [-0.05, 0) is 27.3 Å². The smallest absolute Gasteiger partial charge is 0.332 e. The molecule has 0 saturated heterocycles. The number of nitrogens with zero attached hydrogens (tertiary/aromatic N) is 1. The Bertz CT molecular complexity index is 187. The number of carbonyl (C=O) groups is 1. The summed E-state index contributed by atoms with van der Waals surface area (Å²) in [7, 11) is 1.95. The summed E-state index contributed by atoms with van der Waals surface area (Å²) in [4.78, 5) is 12.8. The third-order valence-electron chi connectivity index (χ3n) is 2.24. The number of likely N-dealkylation sites (N-methyl/N-ethyl adjacent to an activating group) is 1. The zero-order valence-electron chi connectivity index (χ0n) is 10.4. The molecular weight excluding hydrogens is 210 g/mol. The van der Waals surface area contributed by atoms with Crippen molar-refractivity contribution in [3.8, 4) is 0 Å². The van der Waals surface area contributed by atoms with E-state index < -0.39 is 12.1 Å². The summed E-state index contributed by atoms with van der Waals surface area (Å²) >= 11 is 0. The minimum Gasteiger partial charge on any atom is -0.479 e. The van der Waals surface area contributed by atoms with Crippen LogP contribution < -0.4 is 0 Å². The third-order valence-corrected chi connectivity index (χ3v) is 2.24. The van der Waals surface area contributed by atoms with Gasteiger partial charge in [-0.15, -0.1) is 0 Å². The predicted octanol–water partition coefficient (Wildman–Crippen LogP) is 0.835. The van der Waals surface area contributed by atoms with Crippen LogP contribution in [0.5, 0.6) is 0 Å². The van der Waals surface area contributed by atoms with Crippen molar-refractivity contribution >= 4 is 5.97 Å². The molecule has 0 amide bonds. The number of aliphatic carboxylic acids is 1. The van der Waals surface area contributed by atoms with Gasteiger partial charge in [0, 0.05) is 26.3 Å². The molecule has 5 heteroatoms. The Hall–Kier alpha value is -0.650. The lowest BCUT2D eigenvalue weighted by Gasteiger charge is -2.19. The van der Waals surface area contributed by atoms with Crippen molar-refractivity contribution in [1.82, 2.24) is 4.90 Å². The first-order chi connectivity index (χ1) is 7.61. The van der Waals surface area contributed by atoms with Crippen molar-refractivity contribution in [3.63, 3.8) is 0 Å². The maximum absolute atomic E-state index is 10.8. The molecule has 16 heavy (non-hydrogen) atoms. The van der Waals surface area contributed by atoms with E-state index in [0.717, 1.165) is 6.54 Å². The van der Waals surface area contributed by atoms with Gasteiger partial charge < -0.3 is 19.5 Å². The van der Waals surface area contributed by atoms with E-state index in [9.17, 15) is 4.79 Å². The van der Waals surface area contributed by atoms with Gasteiger partial charge >= 0.3 is 5.97 Å². The fourth-order valence-electron chi connectivity index (χ4n) is 1.29. The molecule has 0 aliphatic carbocycles. The Balaban J connectivity index is 3.69. The Kier molecular flexibility index (Phi) is 9.18. The molecule has 5 nitrogen and oxygen atoms in total. The topological polar surface area (TPSA) is 59.0 Å². The van der Waals surface area contributed by atoms with Gasteiger partial charge in [-0.25, -0.2) is 4.79 Å². The standard InChI is InChI=1S/C11H23NO4/c1-4-15-9-8-12(3)7-6-10(11(13)14)16-5-2/h10H,4-9H2,1-3H3,(H,13,14). The fourth-order valence-corrected chi connectivity index (χ4v) is 1.29. The number of ether oxygens (including phenoxy) is 2. The molecule has 1 N–H and O–H groups in total. The summed E-state index contributed by atoms with van der Waals surface area (Å²) < 4.78 is 10.3. The average molecular weight is 233 g/mol. The Morgan fingerprint density at radius 3 is 2.50 bits per heavy atom. The number of hydrogen-bond donors (Lipinski definition) is 1. The molecule has 0 saturated carbocycles. The van der Waals surface area contributed by atoms with Gasteiger partial charge in [-0.3, -0.25) is 0 Å². The van der Waals surface area contributed by atoms with Gasteiger partial charge in [-0.1, -0.05) is 0 Å². The Labute approximate surface area is 97.3 Å². The van der Waals surface area contributed by atoms with Gasteiger partial charge in [0.1, 0.15) is 0 Å². The van der Waals surface area contributed by atoms with Crippen molar-refractivity contribution in [2.75, 3.05) is 40.0 Å². The maximum atomic E-state index is 10.8. The van der Waals surface area contributed by atoms with Crippen molar-refractivity contribution < 1.29 is 19.4 Å². The summed E-state index contributed by atoms with van der Waals surface area (Å²) in [5.74, 6) is -0.889. The van der Waals surface area contributed by atoms with E-state index in [1.54, 1.807) is 6.92 Å². The van der Waals surface area contributed by atoms with Gasteiger partial charge in [0.2, 0.25) is 0 Å². The summed E-state index contributed by atoms with van der Waals surface area (Å²) in [6, 6.07) is 0. The Morgan fingerprint density at radius 1 is 1.31 bits per heavy atom. The molecule has 1 unspecified atom stereocenters. The highest BCUT2D eigenvalue weighted by Gasteiger charge is 2.17. The van der Waals surface area contributed by atoms with Crippen LogP contribution in [0.1, 0.15) is 20.3 Å². The van der Waals surface area contributed by atoms with Crippen LogP contribution in [0.25, 0.3) is 0 Å². The first-order valence-corrected chi connectivity index (χ1v) is 5.72. The quantitative estimate of drug-likeness (QED) is 0.566. The minimum atomic E-state index is -0.889. The highest BCUT2D eigenvalue weighted by molar-refractivity contribution is 5.72. The van der Waals surface area contributed by atoms with Crippen molar-refractivity contribution in [3.05, 3.63) is 0 Å². The van der Waals surface area contributed by atoms with Crippen molar-refractivity contribution in [1.29, 1.82) is 0 Å². The molecule has 0 heterocycles. The van der Waals surface area contributed by atoms with Crippen LogP contribution in [0, 0.1) is 0 Å². The van der Waals surface area contributed by atoms with Gasteiger partial charge in [-0.2, -0.15) is 0 Å². The molecule has 0 aromatic heterocycles. The first kappa shape index (κ1) is 15.3. The van der Waals surface area contributed by atoms with Gasteiger partial charge in [0.05, 0.1) is 6.61 Å². The molecule has 0 rings (SSSR count). The molecule has 1 atom stereocenters. The molecule has 0 bridgehead atoms. The molecule has 0 aromatic carbocycles. The van der Waals surface area contributed by atoms with Crippen LogP contribution in [-0.4, -0.2) is 62.0 Å². The van der Waals surface area contributed by atoms with E-state index >= 15 is 0 Å². The molecule has 0 aromatic rings. The zero-order chi connectivity index (χ0) is 12.4. The lowest BCUT2D eigenvalue weighted by Crippen LogP contribution is -2.31. The van der Waals surface area contributed by atoms with E-state index in [2.05, 4.69) is 0 Å². The monoisotopic (exact) mass is 233 g/mol. The lowest BCUT2D eigenvalue weighted by molar-refractivity contribution is -0.150. The van der Waals surface area contributed by atoms with E-state index in [-0.39, 0.29) is 0 Å². The molecule has 0 aliphatic rings. The van der Waals surface area contributed by atoms with E-state index in [4.69, 9.17) is 14.6 Å². The van der Waals surface area contributed by atoms with Crippen LogP contribution in [-0.2, 0) is 14.3 Å².